The molecule has 1 rings (SSSR count). The molecule has 0 fully saturated rings. The van der Waals surface area contributed by atoms with Crippen LogP contribution in [0.1, 0.15) is 11.1 Å². The van der Waals surface area contributed by atoms with Crippen LogP contribution in [0.4, 0.5) is 0 Å². The molecule has 0 aliphatic heterocycles. The molecule has 58 valence electrons. The Labute approximate surface area is 68.8 Å². The SMILES string of the molecule is Cc1ccccc1C.[OH-].[SH3+]. The van der Waals surface area contributed by atoms with E-state index in [0.29, 0.717) is 0 Å². The van der Waals surface area contributed by atoms with Crippen LogP contribution in [0, 0.1) is 13.8 Å². The molecule has 0 amide bonds. The standard InChI is InChI=1S/C8H10.H2O.H2S/c1-7-5-3-4-6-8(7)2;;/h3-6H,1-2H3;2*1H2. The molecule has 10 heavy (non-hydrogen) atoms. The zero-order chi connectivity index (χ0) is 5.98. The molecule has 0 bridgehead atoms. The Morgan fingerprint density at radius 2 is 1.20 bits per heavy atom. The molecule has 0 heterocycles. The Balaban J connectivity index is 0. The van der Waals surface area contributed by atoms with E-state index >= 15 is 0 Å². The van der Waals surface area contributed by atoms with E-state index in [1.54, 1.807) is 0 Å². The molecule has 1 N–H and O–H groups in total. The molecular weight excluding hydrogens is 144 g/mol. The second-order valence-corrected chi connectivity index (χ2v) is 2.08. The molecule has 0 aliphatic rings. The summed E-state index contributed by atoms with van der Waals surface area (Å²) in [5.74, 6) is 0. The molecule has 0 spiro atoms. The molecule has 0 atom stereocenters. The number of hydrogen-bond donors (Lipinski definition) is 0. The van der Waals surface area contributed by atoms with E-state index in [9.17, 15) is 0 Å². The number of aryl methyl sites for hydroxylation is 2. The molecule has 1 aromatic rings. The minimum absolute atomic E-state index is 0. The summed E-state index contributed by atoms with van der Waals surface area (Å²) in [4.78, 5) is 0. The smallest absolute Gasteiger partial charge is 0.0395 e. The monoisotopic (exact) mass is 158 g/mol. The van der Waals surface area contributed by atoms with Crippen molar-refractivity contribution in [2.75, 3.05) is 0 Å². The first-order valence-electron chi connectivity index (χ1n) is 2.83. The minimum atomic E-state index is 0. The lowest BCUT2D eigenvalue weighted by atomic mass is 10.1. The van der Waals surface area contributed by atoms with E-state index < -0.39 is 0 Å². The van der Waals surface area contributed by atoms with Crippen molar-refractivity contribution in [1.82, 2.24) is 0 Å². The van der Waals surface area contributed by atoms with Gasteiger partial charge in [-0.2, -0.15) is 0 Å². The van der Waals surface area contributed by atoms with E-state index in [2.05, 4.69) is 38.1 Å². The average Bonchev–Trinajstić information content (AvgIpc) is 1.77. The molecular formula is C8H14OS. The van der Waals surface area contributed by atoms with Crippen molar-refractivity contribution in [3.8, 4) is 0 Å². The highest BCUT2D eigenvalue weighted by atomic mass is 32.1. The highest BCUT2D eigenvalue weighted by molar-refractivity contribution is 7.37. The summed E-state index contributed by atoms with van der Waals surface area (Å²) in [7, 11) is 0. The van der Waals surface area contributed by atoms with Gasteiger partial charge in [-0.1, -0.05) is 37.8 Å². The van der Waals surface area contributed by atoms with E-state index in [1.807, 2.05) is 0 Å². The summed E-state index contributed by atoms with van der Waals surface area (Å²) in [5.41, 5.74) is 2.74. The van der Waals surface area contributed by atoms with E-state index in [0.717, 1.165) is 0 Å². The van der Waals surface area contributed by atoms with Gasteiger partial charge < -0.3 is 5.48 Å². The van der Waals surface area contributed by atoms with Gasteiger partial charge in [-0.25, -0.2) is 0 Å². The predicted molar refractivity (Wildman–Crippen MR) is 49.4 cm³/mol. The normalized spacial score (nSPS) is 7.40. The Bertz CT molecular complexity index is 165. The molecule has 1 nitrogen and oxygen atoms in total. The summed E-state index contributed by atoms with van der Waals surface area (Å²) in [6, 6.07) is 8.36. The van der Waals surface area contributed by atoms with Gasteiger partial charge in [0.25, 0.3) is 0 Å². The van der Waals surface area contributed by atoms with Gasteiger partial charge in [0.15, 0.2) is 0 Å². The first-order chi connectivity index (χ1) is 3.80. The first-order valence-corrected chi connectivity index (χ1v) is 2.83. The lowest BCUT2D eigenvalue weighted by Gasteiger charge is -1.93. The molecule has 0 radical (unpaired) electrons. The molecule has 0 aromatic heterocycles. The van der Waals surface area contributed by atoms with E-state index in [4.69, 9.17) is 0 Å². The zero-order valence-corrected chi connectivity index (χ0v) is 7.49. The summed E-state index contributed by atoms with van der Waals surface area (Å²) in [5, 5.41) is 0. The van der Waals surface area contributed by atoms with Crippen LogP contribution < -0.4 is 0 Å². The molecule has 0 saturated carbocycles. The van der Waals surface area contributed by atoms with Crippen molar-refractivity contribution in [2.24, 2.45) is 0 Å². The third-order valence-corrected chi connectivity index (χ3v) is 1.43. The van der Waals surface area contributed by atoms with Crippen LogP contribution in [0.25, 0.3) is 0 Å². The number of hydrogen-bond acceptors (Lipinski definition) is 1. The Morgan fingerprint density at radius 1 is 0.900 bits per heavy atom. The molecule has 0 saturated heterocycles. The third kappa shape index (κ3) is 2.90. The van der Waals surface area contributed by atoms with Crippen LogP contribution in [0.3, 0.4) is 0 Å². The largest absolute Gasteiger partial charge is 0.870 e. The van der Waals surface area contributed by atoms with Gasteiger partial charge in [0, 0.05) is 0 Å². The quantitative estimate of drug-likeness (QED) is 0.524. The van der Waals surface area contributed by atoms with Gasteiger partial charge in [-0.15, -0.1) is 0 Å². The van der Waals surface area contributed by atoms with Crippen molar-refractivity contribution < 1.29 is 5.48 Å². The van der Waals surface area contributed by atoms with Gasteiger partial charge in [0.1, 0.15) is 0 Å². The Morgan fingerprint density at radius 3 is 1.40 bits per heavy atom. The number of benzene rings is 1. The lowest BCUT2D eigenvalue weighted by molar-refractivity contribution is 0.824. The van der Waals surface area contributed by atoms with Crippen molar-refractivity contribution in [3.05, 3.63) is 35.4 Å². The fourth-order valence-electron chi connectivity index (χ4n) is 0.663. The maximum absolute atomic E-state index is 2.12. The van der Waals surface area contributed by atoms with Crippen LogP contribution >= 0.6 is 0 Å². The van der Waals surface area contributed by atoms with Crippen molar-refractivity contribution in [2.45, 2.75) is 13.8 Å². The van der Waals surface area contributed by atoms with Crippen LogP contribution in [0.15, 0.2) is 24.3 Å². The average molecular weight is 158 g/mol. The van der Waals surface area contributed by atoms with E-state index in [1.165, 1.54) is 11.1 Å². The van der Waals surface area contributed by atoms with Crippen LogP contribution in [0.5, 0.6) is 0 Å². The highest BCUT2D eigenvalue weighted by Crippen LogP contribution is 2.02. The minimum Gasteiger partial charge on any atom is -0.870 e. The fraction of sp³-hybridized carbons (Fsp3) is 0.250. The molecule has 1 aromatic carbocycles. The van der Waals surface area contributed by atoms with Crippen LogP contribution in [0.2, 0.25) is 0 Å². The summed E-state index contributed by atoms with van der Waals surface area (Å²) >= 11 is 0. The Hall–Kier alpha value is -0.470. The van der Waals surface area contributed by atoms with Gasteiger partial charge in [-0.3, -0.25) is 0 Å². The topological polar surface area (TPSA) is 30.0 Å². The van der Waals surface area contributed by atoms with E-state index in [-0.39, 0.29) is 19.0 Å². The lowest BCUT2D eigenvalue weighted by Crippen LogP contribution is -1.74. The second-order valence-electron chi connectivity index (χ2n) is 2.08. The van der Waals surface area contributed by atoms with Gasteiger partial charge in [0.2, 0.25) is 0 Å². The first kappa shape index (κ1) is 12.2. The van der Waals surface area contributed by atoms with Crippen LogP contribution in [-0.4, -0.2) is 5.48 Å². The Kier molecular flexibility index (Phi) is 6.51. The predicted octanol–water partition coefficient (Wildman–Crippen LogP) is 1.32. The summed E-state index contributed by atoms with van der Waals surface area (Å²) in [6.07, 6.45) is 0. The van der Waals surface area contributed by atoms with Crippen molar-refractivity contribution in [1.29, 1.82) is 0 Å². The third-order valence-electron chi connectivity index (χ3n) is 1.43. The van der Waals surface area contributed by atoms with Crippen LogP contribution in [-0.2, 0) is 13.5 Å². The van der Waals surface area contributed by atoms with Gasteiger partial charge in [0.05, 0.1) is 0 Å². The van der Waals surface area contributed by atoms with Crippen molar-refractivity contribution >= 4 is 13.5 Å². The maximum Gasteiger partial charge on any atom is -0.0395 e. The van der Waals surface area contributed by atoms with Gasteiger partial charge in [-0.05, 0) is 25.0 Å². The fourth-order valence-corrected chi connectivity index (χ4v) is 0.663. The molecule has 2 heteroatoms. The second kappa shape index (κ2) is 5.33. The zero-order valence-electron chi connectivity index (χ0n) is 6.33. The summed E-state index contributed by atoms with van der Waals surface area (Å²) < 4.78 is 0. The summed E-state index contributed by atoms with van der Waals surface area (Å²) in [6.45, 7) is 4.24. The van der Waals surface area contributed by atoms with Gasteiger partial charge >= 0.3 is 0 Å². The number of rotatable bonds is 0. The van der Waals surface area contributed by atoms with Crippen molar-refractivity contribution in [3.63, 3.8) is 0 Å². The highest BCUT2D eigenvalue weighted by Gasteiger charge is 1.83. The molecule has 0 unspecified atom stereocenters. The maximum atomic E-state index is 2.12. The molecule has 0 aliphatic carbocycles.